The summed E-state index contributed by atoms with van der Waals surface area (Å²) in [5.74, 6) is -0.371. The van der Waals surface area contributed by atoms with E-state index in [4.69, 9.17) is 11.6 Å². The van der Waals surface area contributed by atoms with Gasteiger partial charge in [-0.3, -0.25) is 14.5 Å². The van der Waals surface area contributed by atoms with Crippen molar-refractivity contribution in [3.8, 4) is 0 Å². The number of pyridine rings is 1. The summed E-state index contributed by atoms with van der Waals surface area (Å²) >= 11 is 9.13. The molecule has 142 valence electrons. The van der Waals surface area contributed by atoms with Gasteiger partial charge in [-0.1, -0.05) is 33.6 Å². The van der Waals surface area contributed by atoms with E-state index in [1.165, 1.54) is 6.92 Å². The number of hydrogen-bond acceptors (Lipinski definition) is 3. The van der Waals surface area contributed by atoms with Gasteiger partial charge in [-0.05, 0) is 25.1 Å². The highest BCUT2D eigenvalue weighted by atomic mass is 79.9. The minimum Gasteiger partial charge on any atom is -0.324 e. The molecule has 5 nitrogen and oxygen atoms in total. The number of amides is 1. The number of benzene rings is 1. The summed E-state index contributed by atoms with van der Waals surface area (Å²) in [6, 6.07) is 7.12. The number of rotatable bonds is 4. The minimum atomic E-state index is -4.64. The zero-order chi connectivity index (χ0) is 19.8. The maximum atomic E-state index is 12.9. The predicted molar refractivity (Wildman–Crippen MR) is 99.7 cm³/mol. The van der Waals surface area contributed by atoms with Crippen molar-refractivity contribution in [1.29, 1.82) is 0 Å². The molecule has 2 heterocycles. The first-order chi connectivity index (χ1) is 12.7. The van der Waals surface area contributed by atoms with Crippen LogP contribution >= 0.6 is 27.5 Å². The summed E-state index contributed by atoms with van der Waals surface area (Å²) in [5.41, 5.74) is 0.139. The summed E-state index contributed by atoms with van der Waals surface area (Å²) < 4.78 is 40.5. The molecule has 0 aliphatic carbocycles. The molecule has 2 aromatic heterocycles. The second-order valence-electron chi connectivity index (χ2n) is 5.76. The second kappa shape index (κ2) is 7.47. The Morgan fingerprint density at radius 1 is 1.33 bits per heavy atom. The maximum absolute atomic E-state index is 12.9. The van der Waals surface area contributed by atoms with E-state index in [0.717, 1.165) is 14.5 Å². The van der Waals surface area contributed by atoms with Crippen LogP contribution in [0.25, 0.3) is 10.9 Å². The van der Waals surface area contributed by atoms with Crippen molar-refractivity contribution in [2.75, 3.05) is 5.32 Å². The molecule has 0 aliphatic rings. The molecule has 0 fully saturated rings. The van der Waals surface area contributed by atoms with E-state index in [9.17, 15) is 18.0 Å². The largest absolute Gasteiger partial charge is 0.436 e. The maximum Gasteiger partial charge on any atom is 0.436 e. The Labute approximate surface area is 165 Å². The van der Waals surface area contributed by atoms with E-state index in [-0.39, 0.29) is 24.6 Å². The normalized spacial score (nSPS) is 11.8. The molecular formula is C17H13BrClF3N4O. The molecule has 0 atom stereocenters. The van der Waals surface area contributed by atoms with Gasteiger partial charge in [-0.2, -0.15) is 18.3 Å². The Kier molecular flexibility index (Phi) is 5.43. The van der Waals surface area contributed by atoms with Gasteiger partial charge in [0.2, 0.25) is 5.91 Å². The summed E-state index contributed by atoms with van der Waals surface area (Å²) in [5, 5.41) is 6.60. The molecule has 0 unspecified atom stereocenters. The lowest BCUT2D eigenvalue weighted by Gasteiger charge is -2.10. The van der Waals surface area contributed by atoms with Crippen LogP contribution in [0.4, 0.5) is 18.9 Å². The Morgan fingerprint density at radius 2 is 2.07 bits per heavy atom. The first kappa shape index (κ1) is 19.6. The highest BCUT2D eigenvalue weighted by molar-refractivity contribution is 9.10. The van der Waals surface area contributed by atoms with Gasteiger partial charge in [0.1, 0.15) is 0 Å². The van der Waals surface area contributed by atoms with E-state index in [1.807, 2.05) is 6.07 Å². The third-order valence-corrected chi connectivity index (χ3v) is 5.09. The highest BCUT2D eigenvalue weighted by Crippen LogP contribution is 2.35. The molecule has 0 saturated heterocycles. The third-order valence-electron chi connectivity index (χ3n) is 3.94. The van der Waals surface area contributed by atoms with Crippen molar-refractivity contribution in [2.45, 2.75) is 26.1 Å². The number of carbonyl (C=O) groups is 1. The van der Waals surface area contributed by atoms with Gasteiger partial charge >= 0.3 is 6.18 Å². The fourth-order valence-electron chi connectivity index (χ4n) is 2.58. The molecule has 27 heavy (non-hydrogen) atoms. The van der Waals surface area contributed by atoms with Crippen molar-refractivity contribution in [2.24, 2.45) is 0 Å². The van der Waals surface area contributed by atoms with Gasteiger partial charge in [-0.25, -0.2) is 0 Å². The summed E-state index contributed by atoms with van der Waals surface area (Å²) in [6.07, 6.45) is -3.10. The van der Waals surface area contributed by atoms with E-state index >= 15 is 0 Å². The van der Waals surface area contributed by atoms with Gasteiger partial charge in [-0.15, -0.1) is 0 Å². The zero-order valence-corrected chi connectivity index (χ0v) is 16.3. The molecule has 0 radical (unpaired) electrons. The number of aromatic nitrogens is 3. The van der Waals surface area contributed by atoms with E-state index in [1.54, 1.807) is 24.4 Å². The van der Waals surface area contributed by atoms with Crippen LogP contribution < -0.4 is 5.32 Å². The van der Waals surface area contributed by atoms with Gasteiger partial charge in [0.15, 0.2) is 5.69 Å². The monoisotopic (exact) mass is 460 g/mol. The van der Waals surface area contributed by atoms with Crippen LogP contribution in [0.3, 0.4) is 0 Å². The topological polar surface area (TPSA) is 59.8 Å². The van der Waals surface area contributed by atoms with Crippen molar-refractivity contribution in [3.63, 3.8) is 0 Å². The molecule has 1 aromatic carbocycles. The smallest absolute Gasteiger partial charge is 0.324 e. The van der Waals surface area contributed by atoms with E-state index in [0.29, 0.717) is 11.2 Å². The Hall–Kier alpha value is -2.13. The average molecular weight is 462 g/mol. The molecule has 10 heteroatoms. The van der Waals surface area contributed by atoms with Crippen molar-refractivity contribution < 1.29 is 18.0 Å². The number of carbonyl (C=O) groups excluding carboxylic acids is 1. The Morgan fingerprint density at radius 3 is 2.74 bits per heavy atom. The fourth-order valence-corrected chi connectivity index (χ4v) is 3.28. The fraction of sp³-hybridized carbons (Fsp3) is 0.235. The average Bonchev–Trinajstić information content (AvgIpc) is 2.91. The number of nitrogens with one attached hydrogen (secondary N) is 1. The van der Waals surface area contributed by atoms with Crippen LogP contribution in [0.5, 0.6) is 0 Å². The molecule has 0 saturated carbocycles. The van der Waals surface area contributed by atoms with Crippen LogP contribution in [0.1, 0.15) is 17.8 Å². The summed E-state index contributed by atoms with van der Waals surface area (Å²) in [4.78, 5) is 16.5. The summed E-state index contributed by atoms with van der Waals surface area (Å²) in [7, 11) is 0. The number of halogens is 5. The van der Waals surface area contributed by atoms with Crippen molar-refractivity contribution in [1.82, 2.24) is 14.8 Å². The highest BCUT2D eigenvalue weighted by Gasteiger charge is 2.38. The first-order valence-corrected chi connectivity index (χ1v) is 8.98. The molecule has 1 amide bonds. The van der Waals surface area contributed by atoms with Crippen LogP contribution in [0.15, 0.2) is 34.9 Å². The molecular weight excluding hydrogens is 449 g/mol. The molecule has 3 aromatic rings. The molecule has 1 N–H and O–H groups in total. The first-order valence-electron chi connectivity index (χ1n) is 7.81. The zero-order valence-electron chi connectivity index (χ0n) is 13.9. The second-order valence-corrected chi connectivity index (χ2v) is 6.99. The summed E-state index contributed by atoms with van der Waals surface area (Å²) in [6.45, 7) is 1.39. The Bertz CT molecular complexity index is 1020. The standard InChI is InChI=1S/C17H13BrClF3N4O/c1-9-14(19)16(17(20,21)22)25-26(9)8-6-13(27)24-12-5-4-11(18)10-3-2-7-23-15(10)12/h2-5,7H,6,8H2,1H3,(H,24,27). The quantitative estimate of drug-likeness (QED) is 0.581. The number of nitrogens with zero attached hydrogens (tertiary/aromatic N) is 3. The lowest BCUT2D eigenvalue weighted by molar-refractivity contribution is -0.141. The van der Waals surface area contributed by atoms with Gasteiger partial charge < -0.3 is 5.32 Å². The van der Waals surface area contributed by atoms with Gasteiger partial charge in [0.25, 0.3) is 0 Å². The van der Waals surface area contributed by atoms with Gasteiger partial charge in [0.05, 0.1) is 28.5 Å². The van der Waals surface area contributed by atoms with Crippen LogP contribution in [0.2, 0.25) is 5.02 Å². The number of alkyl halides is 3. The van der Waals surface area contributed by atoms with Crippen molar-refractivity contribution >= 4 is 50.0 Å². The lowest BCUT2D eigenvalue weighted by atomic mass is 10.2. The molecule has 0 spiro atoms. The van der Waals surface area contributed by atoms with Gasteiger partial charge in [0, 0.05) is 22.5 Å². The molecule has 3 rings (SSSR count). The molecule has 0 bridgehead atoms. The van der Waals surface area contributed by atoms with Crippen molar-refractivity contribution in [3.05, 3.63) is 51.3 Å². The molecule has 0 aliphatic heterocycles. The number of hydrogen-bond donors (Lipinski definition) is 1. The number of anilines is 1. The number of aryl methyl sites for hydroxylation is 1. The number of fused-ring (bicyclic) bond motifs is 1. The van der Waals surface area contributed by atoms with E-state index in [2.05, 4.69) is 31.3 Å². The SMILES string of the molecule is Cc1c(Cl)c(C(F)(F)F)nn1CCC(=O)Nc1ccc(Br)c2cccnc12. The van der Waals surface area contributed by atoms with Crippen LogP contribution in [0, 0.1) is 6.92 Å². The lowest BCUT2D eigenvalue weighted by Crippen LogP contribution is -2.16. The predicted octanol–water partition coefficient (Wildman–Crippen LogP) is 5.20. The Balaban J connectivity index is 1.74. The van der Waals surface area contributed by atoms with E-state index < -0.39 is 16.9 Å². The minimum absolute atomic E-state index is 0.0324. The van der Waals surface area contributed by atoms with Crippen LogP contribution in [-0.2, 0) is 17.5 Å². The van der Waals surface area contributed by atoms with Crippen LogP contribution in [-0.4, -0.2) is 20.7 Å². The third kappa shape index (κ3) is 4.08.